The average molecular weight is 184 g/mol. The molecule has 1 fully saturated rings. The van der Waals surface area contributed by atoms with Crippen LogP contribution in [0.1, 0.15) is 25.7 Å². The zero-order valence-electron chi connectivity index (χ0n) is 7.95. The Bertz CT molecular complexity index is 212. The summed E-state index contributed by atoms with van der Waals surface area (Å²) in [5, 5.41) is 9.72. The minimum atomic E-state index is -0.712. The first-order chi connectivity index (χ1) is 6.17. The fourth-order valence-electron chi connectivity index (χ4n) is 2.07. The van der Waals surface area contributed by atoms with Gasteiger partial charge in [-0.25, -0.2) is 0 Å². The highest BCUT2D eigenvalue weighted by Crippen LogP contribution is 2.42. The number of esters is 1. The molecule has 3 nitrogen and oxygen atoms in total. The molecular formula is C10H16O3. The molecule has 13 heavy (non-hydrogen) atoms. The Balaban J connectivity index is 2.85. The van der Waals surface area contributed by atoms with Crippen LogP contribution in [-0.4, -0.2) is 24.3 Å². The van der Waals surface area contributed by atoms with Gasteiger partial charge in [0, 0.05) is 0 Å². The first-order valence-electron chi connectivity index (χ1n) is 4.55. The second-order valence-electron chi connectivity index (χ2n) is 3.55. The summed E-state index contributed by atoms with van der Waals surface area (Å²) in [6.45, 7) is 3.60. The van der Waals surface area contributed by atoms with Crippen LogP contribution in [0.3, 0.4) is 0 Å². The number of methoxy groups -OCH3 is 1. The van der Waals surface area contributed by atoms with Crippen molar-refractivity contribution in [2.24, 2.45) is 5.41 Å². The molecule has 0 saturated heterocycles. The highest BCUT2D eigenvalue weighted by atomic mass is 16.5. The van der Waals surface area contributed by atoms with E-state index in [1.807, 2.05) is 0 Å². The standard InChI is InChI=1S/C10H16O3/c1-3-6-10(9(12)13-2)7-4-5-8(10)11/h3,8,11H,1,4-7H2,2H3/t8-,10+/m0/s1. The third-order valence-corrected chi connectivity index (χ3v) is 2.84. The lowest BCUT2D eigenvalue weighted by atomic mass is 9.81. The lowest BCUT2D eigenvalue weighted by Gasteiger charge is -2.28. The van der Waals surface area contributed by atoms with Gasteiger partial charge in [0.15, 0.2) is 0 Å². The van der Waals surface area contributed by atoms with Gasteiger partial charge in [-0.05, 0) is 25.7 Å². The molecule has 0 aromatic carbocycles. The molecule has 0 bridgehead atoms. The highest BCUT2D eigenvalue weighted by Gasteiger charge is 2.48. The summed E-state index contributed by atoms with van der Waals surface area (Å²) in [6.07, 6.45) is 3.87. The lowest BCUT2D eigenvalue weighted by molar-refractivity contribution is -0.158. The molecule has 0 amide bonds. The molecule has 2 atom stereocenters. The molecule has 0 unspecified atom stereocenters. The third kappa shape index (κ3) is 1.61. The van der Waals surface area contributed by atoms with Crippen molar-refractivity contribution in [2.45, 2.75) is 31.8 Å². The fraction of sp³-hybridized carbons (Fsp3) is 0.700. The van der Waals surface area contributed by atoms with Gasteiger partial charge in [-0.1, -0.05) is 6.08 Å². The van der Waals surface area contributed by atoms with Crippen LogP contribution in [0.15, 0.2) is 12.7 Å². The van der Waals surface area contributed by atoms with E-state index in [1.54, 1.807) is 6.08 Å². The number of hydrogen-bond donors (Lipinski definition) is 1. The van der Waals surface area contributed by atoms with Crippen molar-refractivity contribution in [2.75, 3.05) is 7.11 Å². The number of carbonyl (C=O) groups excluding carboxylic acids is 1. The predicted octanol–water partition coefficient (Wildman–Crippen LogP) is 1.27. The normalized spacial score (nSPS) is 32.9. The Hall–Kier alpha value is -0.830. The summed E-state index contributed by atoms with van der Waals surface area (Å²) in [5.41, 5.74) is -0.712. The van der Waals surface area contributed by atoms with Gasteiger partial charge < -0.3 is 9.84 Å². The number of allylic oxidation sites excluding steroid dienone is 1. The molecule has 1 saturated carbocycles. The van der Waals surface area contributed by atoms with Gasteiger partial charge >= 0.3 is 5.97 Å². The first kappa shape index (κ1) is 10.3. The average Bonchev–Trinajstić information content (AvgIpc) is 2.48. The summed E-state index contributed by atoms with van der Waals surface area (Å²) >= 11 is 0. The third-order valence-electron chi connectivity index (χ3n) is 2.84. The summed E-state index contributed by atoms with van der Waals surface area (Å²) < 4.78 is 4.71. The van der Waals surface area contributed by atoms with Gasteiger partial charge in [-0.3, -0.25) is 4.79 Å². The van der Waals surface area contributed by atoms with Crippen molar-refractivity contribution in [3.8, 4) is 0 Å². The van der Waals surface area contributed by atoms with Gasteiger partial charge in [0.05, 0.1) is 18.6 Å². The number of carbonyl (C=O) groups is 1. The fourth-order valence-corrected chi connectivity index (χ4v) is 2.07. The van der Waals surface area contributed by atoms with E-state index in [2.05, 4.69) is 6.58 Å². The van der Waals surface area contributed by atoms with Crippen molar-refractivity contribution in [1.82, 2.24) is 0 Å². The molecule has 0 spiro atoms. The summed E-state index contributed by atoms with van der Waals surface area (Å²) in [6, 6.07) is 0. The molecule has 1 aliphatic carbocycles. The second kappa shape index (κ2) is 3.92. The molecule has 3 heteroatoms. The van der Waals surface area contributed by atoms with E-state index < -0.39 is 11.5 Å². The van der Waals surface area contributed by atoms with Crippen LogP contribution < -0.4 is 0 Å². The number of rotatable bonds is 3. The van der Waals surface area contributed by atoms with Crippen LogP contribution in [0.4, 0.5) is 0 Å². The number of ether oxygens (including phenoxy) is 1. The van der Waals surface area contributed by atoms with E-state index in [-0.39, 0.29) is 5.97 Å². The number of aliphatic hydroxyl groups excluding tert-OH is 1. The maximum atomic E-state index is 11.5. The Morgan fingerprint density at radius 3 is 2.92 bits per heavy atom. The monoisotopic (exact) mass is 184 g/mol. The second-order valence-corrected chi connectivity index (χ2v) is 3.55. The van der Waals surface area contributed by atoms with Crippen LogP contribution in [0.2, 0.25) is 0 Å². The van der Waals surface area contributed by atoms with Crippen molar-refractivity contribution < 1.29 is 14.6 Å². The van der Waals surface area contributed by atoms with E-state index in [4.69, 9.17) is 4.74 Å². The molecule has 1 aliphatic rings. The predicted molar refractivity (Wildman–Crippen MR) is 49.1 cm³/mol. The highest BCUT2D eigenvalue weighted by molar-refractivity contribution is 5.78. The molecule has 0 aliphatic heterocycles. The van der Waals surface area contributed by atoms with Crippen LogP contribution in [0, 0.1) is 5.41 Å². The van der Waals surface area contributed by atoms with Gasteiger partial charge in [0.25, 0.3) is 0 Å². The quantitative estimate of drug-likeness (QED) is 0.530. The van der Waals surface area contributed by atoms with Crippen molar-refractivity contribution in [1.29, 1.82) is 0 Å². The van der Waals surface area contributed by atoms with Crippen molar-refractivity contribution >= 4 is 5.97 Å². The Kier molecular flexibility index (Phi) is 3.09. The van der Waals surface area contributed by atoms with Crippen LogP contribution in [0.5, 0.6) is 0 Å². The maximum Gasteiger partial charge on any atom is 0.314 e. The molecule has 1 rings (SSSR count). The van der Waals surface area contributed by atoms with Gasteiger partial charge in [-0.2, -0.15) is 0 Å². The SMILES string of the molecule is C=CC[C@@]1(C(=O)OC)CCC[C@@H]1O. The molecule has 1 N–H and O–H groups in total. The van der Waals surface area contributed by atoms with E-state index in [0.717, 1.165) is 6.42 Å². The van der Waals surface area contributed by atoms with Crippen molar-refractivity contribution in [3.05, 3.63) is 12.7 Å². The minimum absolute atomic E-state index is 0.308. The Labute approximate surface area is 78.4 Å². The molecular weight excluding hydrogens is 168 g/mol. The maximum absolute atomic E-state index is 11.5. The van der Waals surface area contributed by atoms with Gasteiger partial charge in [0.2, 0.25) is 0 Å². The first-order valence-corrected chi connectivity index (χ1v) is 4.55. The summed E-state index contributed by atoms with van der Waals surface area (Å²) in [5.74, 6) is -0.308. The molecule has 0 aromatic heterocycles. The minimum Gasteiger partial charge on any atom is -0.469 e. The zero-order valence-corrected chi connectivity index (χ0v) is 7.95. The smallest absolute Gasteiger partial charge is 0.314 e. The lowest BCUT2D eigenvalue weighted by Crippen LogP contribution is -2.38. The summed E-state index contributed by atoms with van der Waals surface area (Å²) in [7, 11) is 1.36. The molecule has 0 radical (unpaired) electrons. The zero-order chi connectivity index (χ0) is 9.90. The van der Waals surface area contributed by atoms with Gasteiger partial charge in [-0.15, -0.1) is 6.58 Å². The van der Waals surface area contributed by atoms with E-state index >= 15 is 0 Å². The largest absolute Gasteiger partial charge is 0.469 e. The van der Waals surface area contributed by atoms with E-state index in [9.17, 15) is 9.90 Å². The van der Waals surface area contributed by atoms with Gasteiger partial charge in [0.1, 0.15) is 0 Å². The molecule has 0 heterocycles. The van der Waals surface area contributed by atoms with Crippen LogP contribution in [0.25, 0.3) is 0 Å². The topological polar surface area (TPSA) is 46.5 Å². The number of aliphatic hydroxyl groups is 1. The Morgan fingerprint density at radius 1 is 1.85 bits per heavy atom. The Morgan fingerprint density at radius 2 is 2.54 bits per heavy atom. The number of hydrogen-bond acceptors (Lipinski definition) is 3. The van der Waals surface area contributed by atoms with Crippen LogP contribution in [-0.2, 0) is 9.53 Å². The van der Waals surface area contributed by atoms with E-state index in [0.29, 0.717) is 19.3 Å². The summed E-state index contributed by atoms with van der Waals surface area (Å²) in [4.78, 5) is 11.5. The van der Waals surface area contributed by atoms with Crippen molar-refractivity contribution in [3.63, 3.8) is 0 Å². The van der Waals surface area contributed by atoms with Crippen LogP contribution >= 0.6 is 0 Å². The van der Waals surface area contributed by atoms with E-state index in [1.165, 1.54) is 7.11 Å². The molecule has 0 aromatic rings. The molecule has 74 valence electrons.